The number of carbonyl (C=O) groups excluding carboxylic acids is 1. The minimum atomic E-state index is -0.182. The molecule has 0 aliphatic carbocycles. The summed E-state index contributed by atoms with van der Waals surface area (Å²) in [7, 11) is 1.89. The van der Waals surface area contributed by atoms with E-state index in [9.17, 15) is 4.79 Å². The lowest BCUT2D eigenvalue weighted by atomic mass is 10.1. The van der Waals surface area contributed by atoms with Crippen molar-refractivity contribution in [2.75, 3.05) is 13.1 Å². The number of likely N-dealkylation sites (tertiary alicyclic amines) is 1. The van der Waals surface area contributed by atoms with E-state index in [1.807, 2.05) is 20.0 Å². The van der Waals surface area contributed by atoms with E-state index in [2.05, 4.69) is 15.3 Å². The number of hydrogen-bond donors (Lipinski definition) is 1. The third-order valence-electron chi connectivity index (χ3n) is 4.49. The van der Waals surface area contributed by atoms with Crippen molar-refractivity contribution in [3.8, 4) is 0 Å². The Morgan fingerprint density at radius 2 is 2.09 bits per heavy atom. The molecule has 0 radical (unpaired) electrons. The Kier molecular flexibility index (Phi) is 4.81. The lowest BCUT2D eigenvalue weighted by molar-refractivity contribution is 0.0918. The first kappa shape index (κ1) is 15.8. The Balaban J connectivity index is 1.54. The Labute approximate surface area is 136 Å². The summed E-state index contributed by atoms with van der Waals surface area (Å²) in [5.74, 6) is 1.05. The van der Waals surface area contributed by atoms with Crippen LogP contribution in [0.5, 0.6) is 0 Å². The van der Waals surface area contributed by atoms with Crippen molar-refractivity contribution in [2.45, 2.75) is 39.3 Å². The molecule has 1 N–H and O–H groups in total. The zero-order valence-corrected chi connectivity index (χ0v) is 13.8. The van der Waals surface area contributed by atoms with E-state index in [1.54, 1.807) is 16.9 Å². The van der Waals surface area contributed by atoms with Crippen molar-refractivity contribution in [3.05, 3.63) is 41.1 Å². The molecule has 3 rings (SSSR count). The SMILES string of the molecule is Cc1c(CNC(=O)c2ccc(CN3CCCCC3)o2)cnn1C. The minimum absolute atomic E-state index is 0.182. The van der Waals surface area contributed by atoms with Crippen molar-refractivity contribution in [1.29, 1.82) is 0 Å². The average Bonchev–Trinajstić information content (AvgIpc) is 3.15. The highest BCUT2D eigenvalue weighted by Crippen LogP contribution is 2.15. The largest absolute Gasteiger partial charge is 0.455 e. The fourth-order valence-electron chi connectivity index (χ4n) is 2.90. The zero-order valence-electron chi connectivity index (χ0n) is 13.8. The predicted octanol–water partition coefficient (Wildman–Crippen LogP) is 2.24. The third kappa shape index (κ3) is 3.82. The maximum Gasteiger partial charge on any atom is 0.287 e. The van der Waals surface area contributed by atoms with E-state index in [0.29, 0.717) is 12.3 Å². The number of rotatable bonds is 5. The molecule has 1 saturated heterocycles. The Hall–Kier alpha value is -2.08. The summed E-state index contributed by atoms with van der Waals surface area (Å²) in [6, 6.07) is 3.66. The third-order valence-corrected chi connectivity index (χ3v) is 4.49. The molecule has 3 heterocycles. The van der Waals surface area contributed by atoms with Crippen molar-refractivity contribution in [1.82, 2.24) is 20.0 Å². The number of nitrogens with zero attached hydrogens (tertiary/aromatic N) is 3. The standard InChI is InChI=1S/C17H24N4O2/c1-13-14(11-19-20(13)2)10-18-17(22)16-7-6-15(23-16)12-21-8-4-3-5-9-21/h6-7,11H,3-5,8-10,12H2,1-2H3,(H,18,22). The molecule has 0 saturated carbocycles. The summed E-state index contributed by atoms with van der Waals surface area (Å²) in [5.41, 5.74) is 2.07. The predicted molar refractivity (Wildman–Crippen MR) is 87.0 cm³/mol. The highest BCUT2D eigenvalue weighted by atomic mass is 16.4. The van der Waals surface area contributed by atoms with Gasteiger partial charge in [-0.25, -0.2) is 0 Å². The maximum absolute atomic E-state index is 12.2. The van der Waals surface area contributed by atoms with Gasteiger partial charge in [-0.3, -0.25) is 14.4 Å². The maximum atomic E-state index is 12.2. The number of hydrogen-bond acceptors (Lipinski definition) is 4. The molecule has 0 spiro atoms. The summed E-state index contributed by atoms with van der Waals surface area (Å²) < 4.78 is 7.49. The summed E-state index contributed by atoms with van der Waals surface area (Å²) in [6.07, 6.45) is 5.59. The lowest BCUT2D eigenvalue weighted by Gasteiger charge is -2.25. The molecule has 23 heavy (non-hydrogen) atoms. The van der Waals surface area contributed by atoms with Crippen LogP contribution in [0, 0.1) is 6.92 Å². The van der Waals surface area contributed by atoms with Gasteiger partial charge in [0.25, 0.3) is 5.91 Å². The van der Waals surface area contributed by atoms with Crippen LogP contribution in [0.3, 0.4) is 0 Å². The molecule has 124 valence electrons. The van der Waals surface area contributed by atoms with E-state index >= 15 is 0 Å². The molecule has 0 unspecified atom stereocenters. The fraction of sp³-hybridized carbons (Fsp3) is 0.529. The van der Waals surface area contributed by atoms with Crippen LogP contribution in [0.25, 0.3) is 0 Å². The molecule has 1 amide bonds. The Bertz CT molecular complexity index is 668. The van der Waals surface area contributed by atoms with Gasteiger partial charge in [-0.2, -0.15) is 5.10 Å². The van der Waals surface area contributed by atoms with Gasteiger partial charge in [0.1, 0.15) is 5.76 Å². The van der Waals surface area contributed by atoms with E-state index in [-0.39, 0.29) is 5.91 Å². The van der Waals surface area contributed by atoms with E-state index < -0.39 is 0 Å². The van der Waals surface area contributed by atoms with E-state index in [0.717, 1.165) is 36.7 Å². The highest BCUT2D eigenvalue weighted by molar-refractivity contribution is 5.91. The minimum Gasteiger partial charge on any atom is -0.455 e. The summed E-state index contributed by atoms with van der Waals surface area (Å²) in [4.78, 5) is 14.6. The van der Waals surface area contributed by atoms with E-state index in [1.165, 1.54) is 19.3 Å². The second kappa shape index (κ2) is 7.00. The molecule has 2 aromatic heterocycles. The van der Waals surface area contributed by atoms with Crippen LogP contribution in [-0.2, 0) is 20.1 Å². The smallest absolute Gasteiger partial charge is 0.287 e. The number of aromatic nitrogens is 2. The van der Waals surface area contributed by atoms with Gasteiger partial charge in [0, 0.05) is 24.8 Å². The molecular formula is C17H24N4O2. The molecule has 6 heteroatoms. The number of nitrogens with one attached hydrogen (secondary N) is 1. The van der Waals surface area contributed by atoms with Gasteiger partial charge >= 0.3 is 0 Å². The fourth-order valence-corrected chi connectivity index (χ4v) is 2.90. The first-order valence-corrected chi connectivity index (χ1v) is 8.20. The summed E-state index contributed by atoms with van der Waals surface area (Å²) >= 11 is 0. The van der Waals surface area contributed by atoms with Gasteiger partial charge in [-0.1, -0.05) is 6.42 Å². The summed E-state index contributed by atoms with van der Waals surface area (Å²) in [5, 5.41) is 7.06. The van der Waals surface area contributed by atoms with Crippen LogP contribution in [0.2, 0.25) is 0 Å². The van der Waals surface area contributed by atoms with Gasteiger partial charge in [0.15, 0.2) is 5.76 Å². The quantitative estimate of drug-likeness (QED) is 0.919. The number of aryl methyl sites for hydroxylation is 1. The second-order valence-electron chi connectivity index (χ2n) is 6.16. The van der Waals surface area contributed by atoms with Gasteiger partial charge in [-0.15, -0.1) is 0 Å². The van der Waals surface area contributed by atoms with Crippen LogP contribution in [0.15, 0.2) is 22.7 Å². The average molecular weight is 316 g/mol. The van der Waals surface area contributed by atoms with Crippen LogP contribution < -0.4 is 5.32 Å². The Morgan fingerprint density at radius 1 is 1.30 bits per heavy atom. The molecule has 1 fully saturated rings. The Morgan fingerprint density at radius 3 is 2.78 bits per heavy atom. The molecule has 0 atom stereocenters. The molecule has 0 aromatic carbocycles. The number of carbonyl (C=O) groups is 1. The van der Waals surface area contributed by atoms with Crippen molar-refractivity contribution >= 4 is 5.91 Å². The van der Waals surface area contributed by atoms with Gasteiger partial charge in [-0.05, 0) is 45.0 Å². The first-order valence-electron chi connectivity index (χ1n) is 8.20. The van der Waals surface area contributed by atoms with Gasteiger partial charge in [0.05, 0.1) is 12.7 Å². The molecule has 6 nitrogen and oxygen atoms in total. The zero-order chi connectivity index (χ0) is 16.2. The molecule has 1 aliphatic heterocycles. The molecule has 0 bridgehead atoms. The van der Waals surface area contributed by atoms with Gasteiger partial charge < -0.3 is 9.73 Å². The second-order valence-corrected chi connectivity index (χ2v) is 6.16. The van der Waals surface area contributed by atoms with Crippen LogP contribution in [-0.4, -0.2) is 33.7 Å². The summed E-state index contributed by atoms with van der Waals surface area (Å²) in [6.45, 7) is 5.46. The van der Waals surface area contributed by atoms with Gasteiger partial charge in [0.2, 0.25) is 0 Å². The normalized spacial score (nSPS) is 15.7. The van der Waals surface area contributed by atoms with E-state index in [4.69, 9.17) is 4.42 Å². The molecular weight excluding hydrogens is 292 g/mol. The highest BCUT2D eigenvalue weighted by Gasteiger charge is 2.15. The first-order chi connectivity index (χ1) is 11.1. The molecule has 2 aromatic rings. The lowest BCUT2D eigenvalue weighted by Crippen LogP contribution is -2.28. The van der Waals surface area contributed by atoms with Crippen LogP contribution in [0.1, 0.15) is 46.8 Å². The number of amides is 1. The van der Waals surface area contributed by atoms with Crippen molar-refractivity contribution in [3.63, 3.8) is 0 Å². The monoisotopic (exact) mass is 316 g/mol. The molecule has 1 aliphatic rings. The van der Waals surface area contributed by atoms with Crippen molar-refractivity contribution < 1.29 is 9.21 Å². The van der Waals surface area contributed by atoms with Crippen molar-refractivity contribution in [2.24, 2.45) is 7.05 Å². The number of piperidine rings is 1. The van der Waals surface area contributed by atoms with Crippen LogP contribution >= 0.6 is 0 Å². The topological polar surface area (TPSA) is 63.3 Å². The number of furan rings is 1. The van der Waals surface area contributed by atoms with Crippen LogP contribution in [0.4, 0.5) is 0 Å².